The number of nitrogens with zero attached hydrogens (tertiary/aromatic N) is 1. The number of amides is 1. The first-order valence-corrected chi connectivity index (χ1v) is 8.35. The third-order valence-corrected chi connectivity index (χ3v) is 4.28. The van der Waals surface area contributed by atoms with E-state index in [9.17, 15) is 4.79 Å². The van der Waals surface area contributed by atoms with Gasteiger partial charge in [0.15, 0.2) is 0 Å². The molecule has 0 radical (unpaired) electrons. The molecule has 1 aromatic carbocycles. The smallest absolute Gasteiger partial charge is 0.227 e. The van der Waals surface area contributed by atoms with Gasteiger partial charge in [0.25, 0.3) is 0 Å². The van der Waals surface area contributed by atoms with Crippen LogP contribution < -0.4 is 4.74 Å². The summed E-state index contributed by atoms with van der Waals surface area (Å²) in [5.74, 6) is 1.07. The van der Waals surface area contributed by atoms with E-state index >= 15 is 0 Å². The lowest BCUT2D eigenvalue weighted by Gasteiger charge is -2.28. The number of carbonyl (C=O) groups excluding carboxylic acids is 1. The van der Waals surface area contributed by atoms with Crippen LogP contribution in [0, 0.1) is 0 Å². The molecular formula is C16H22BrNO2. The summed E-state index contributed by atoms with van der Waals surface area (Å²) >= 11 is 3.46. The number of alkyl halides is 1. The number of halogens is 1. The van der Waals surface area contributed by atoms with Gasteiger partial charge in [-0.2, -0.15) is 0 Å². The maximum Gasteiger partial charge on any atom is 0.227 e. The molecule has 0 heterocycles. The highest BCUT2D eigenvalue weighted by molar-refractivity contribution is 9.09. The molecule has 1 saturated carbocycles. The second kappa shape index (κ2) is 7.67. The zero-order chi connectivity index (χ0) is 14.4. The Morgan fingerprint density at radius 1 is 1.30 bits per heavy atom. The Bertz CT molecular complexity index is 427. The highest BCUT2D eigenvalue weighted by atomic mass is 79.9. The number of benzene rings is 1. The van der Waals surface area contributed by atoms with Gasteiger partial charge >= 0.3 is 0 Å². The number of rotatable bonds is 6. The van der Waals surface area contributed by atoms with E-state index in [-0.39, 0.29) is 5.91 Å². The standard InChI is InChI=1S/C16H22BrNO2/c1-20-15-8-6-13(7-9-15)12-16(19)18(11-10-17)14-4-2-3-5-14/h6-9,14H,2-5,10-12H2,1H3. The van der Waals surface area contributed by atoms with Gasteiger partial charge in [0, 0.05) is 17.9 Å². The predicted molar refractivity (Wildman–Crippen MR) is 84.5 cm³/mol. The quantitative estimate of drug-likeness (QED) is 0.743. The van der Waals surface area contributed by atoms with Crippen LogP contribution in [0.25, 0.3) is 0 Å². The van der Waals surface area contributed by atoms with Gasteiger partial charge < -0.3 is 9.64 Å². The molecule has 0 unspecified atom stereocenters. The van der Waals surface area contributed by atoms with Crippen LogP contribution in [0.3, 0.4) is 0 Å². The maximum atomic E-state index is 12.5. The molecule has 0 aromatic heterocycles. The molecule has 4 heteroatoms. The van der Waals surface area contributed by atoms with Crippen LogP contribution in [-0.4, -0.2) is 35.8 Å². The topological polar surface area (TPSA) is 29.5 Å². The molecule has 3 nitrogen and oxygen atoms in total. The zero-order valence-electron chi connectivity index (χ0n) is 12.0. The number of hydrogen-bond donors (Lipinski definition) is 0. The molecule has 2 rings (SSSR count). The molecule has 0 bridgehead atoms. The summed E-state index contributed by atoms with van der Waals surface area (Å²) in [4.78, 5) is 14.6. The molecule has 110 valence electrons. The van der Waals surface area contributed by atoms with E-state index in [0.717, 1.165) is 36.0 Å². The molecule has 1 fully saturated rings. The minimum atomic E-state index is 0.238. The normalized spacial score (nSPS) is 15.3. The minimum absolute atomic E-state index is 0.238. The highest BCUT2D eigenvalue weighted by Gasteiger charge is 2.25. The zero-order valence-corrected chi connectivity index (χ0v) is 13.6. The van der Waals surface area contributed by atoms with E-state index in [4.69, 9.17) is 4.74 Å². The summed E-state index contributed by atoms with van der Waals surface area (Å²) in [7, 11) is 1.65. The maximum absolute atomic E-state index is 12.5. The SMILES string of the molecule is COc1ccc(CC(=O)N(CCBr)C2CCCC2)cc1. The van der Waals surface area contributed by atoms with E-state index in [0.29, 0.717) is 12.5 Å². The molecule has 1 aliphatic carbocycles. The summed E-state index contributed by atoms with van der Waals surface area (Å²) in [6.45, 7) is 0.805. The van der Waals surface area contributed by atoms with Crippen LogP contribution in [0.15, 0.2) is 24.3 Å². The van der Waals surface area contributed by atoms with Crippen molar-refractivity contribution in [2.75, 3.05) is 19.0 Å². The Labute approximate surface area is 129 Å². The number of carbonyl (C=O) groups is 1. The molecule has 0 N–H and O–H groups in total. The van der Waals surface area contributed by atoms with Crippen molar-refractivity contribution in [2.45, 2.75) is 38.1 Å². The Hall–Kier alpha value is -1.03. The fourth-order valence-corrected chi connectivity index (χ4v) is 3.22. The number of methoxy groups -OCH3 is 1. The monoisotopic (exact) mass is 339 g/mol. The van der Waals surface area contributed by atoms with Gasteiger partial charge in [-0.25, -0.2) is 0 Å². The summed E-state index contributed by atoms with van der Waals surface area (Å²) < 4.78 is 5.14. The second-order valence-corrected chi connectivity index (χ2v) is 6.03. The molecule has 0 saturated heterocycles. The Morgan fingerprint density at radius 3 is 2.50 bits per heavy atom. The van der Waals surface area contributed by atoms with Crippen LogP contribution in [-0.2, 0) is 11.2 Å². The predicted octanol–water partition coefficient (Wildman–Crippen LogP) is 3.40. The first-order valence-electron chi connectivity index (χ1n) is 7.23. The van der Waals surface area contributed by atoms with Gasteiger partial charge in [-0.15, -0.1) is 0 Å². The lowest BCUT2D eigenvalue weighted by atomic mass is 10.1. The Morgan fingerprint density at radius 2 is 1.95 bits per heavy atom. The lowest BCUT2D eigenvalue weighted by molar-refractivity contribution is -0.132. The minimum Gasteiger partial charge on any atom is -0.497 e. The Balaban J connectivity index is 1.99. The number of hydrogen-bond acceptors (Lipinski definition) is 2. The van der Waals surface area contributed by atoms with E-state index < -0.39 is 0 Å². The fraction of sp³-hybridized carbons (Fsp3) is 0.562. The molecule has 0 aliphatic heterocycles. The molecule has 1 aliphatic rings. The van der Waals surface area contributed by atoms with Gasteiger partial charge in [0.05, 0.1) is 13.5 Å². The van der Waals surface area contributed by atoms with Crippen LogP contribution >= 0.6 is 15.9 Å². The van der Waals surface area contributed by atoms with Crippen LogP contribution in [0.2, 0.25) is 0 Å². The lowest BCUT2D eigenvalue weighted by Crippen LogP contribution is -2.41. The van der Waals surface area contributed by atoms with Crippen molar-refractivity contribution in [1.29, 1.82) is 0 Å². The first kappa shape index (κ1) is 15.4. The summed E-state index contributed by atoms with van der Waals surface area (Å²) in [5.41, 5.74) is 1.05. The average molecular weight is 340 g/mol. The van der Waals surface area contributed by atoms with Crippen molar-refractivity contribution in [3.8, 4) is 5.75 Å². The van der Waals surface area contributed by atoms with Crippen molar-refractivity contribution < 1.29 is 9.53 Å². The van der Waals surface area contributed by atoms with E-state index in [2.05, 4.69) is 20.8 Å². The van der Waals surface area contributed by atoms with Gasteiger partial charge in [-0.05, 0) is 30.5 Å². The third-order valence-electron chi connectivity index (χ3n) is 3.93. The van der Waals surface area contributed by atoms with Gasteiger partial charge in [0.2, 0.25) is 5.91 Å². The van der Waals surface area contributed by atoms with Crippen LogP contribution in [0.5, 0.6) is 5.75 Å². The van der Waals surface area contributed by atoms with E-state index in [1.54, 1.807) is 7.11 Å². The largest absolute Gasteiger partial charge is 0.497 e. The van der Waals surface area contributed by atoms with Crippen molar-refractivity contribution in [3.63, 3.8) is 0 Å². The van der Waals surface area contributed by atoms with Crippen molar-refractivity contribution in [2.24, 2.45) is 0 Å². The van der Waals surface area contributed by atoms with Crippen molar-refractivity contribution >= 4 is 21.8 Å². The van der Waals surface area contributed by atoms with E-state index in [1.807, 2.05) is 24.3 Å². The van der Waals surface area contributed by atoms with Crippen LogP contribution in [0.4, 0.5) is 0 Å². The third kappa shape index (κ3) is 3.98. The summed E-state index contributed by atoms with van der Waals surface area (Å²) in [6.07, 6.45) is 5.29. The average Bonchev–Trinajstić information content (AvgIpc) is 2.99. The highest BCUT2D eigenvalue weighted by Crippen LogP contribution is 2.24. The van der Waals surface area contributed by atoms with Crippen molar-refractivity contribution in [3.05, 3.63) is 29.8 Å². The Kier molecular flexibility index (Phi) is 5.89. The van der Waals surface area contributed by atoms with Gasteiger partial charge in [-0.3, -0.25) is 4.79 Å². The summed E-state index contributed by atoms with van der Waals surface area (Å²) in [6, 6.07) is 8.20. The molecule has 1 aromatic rings. The first-order chi connectivity index (χ1) is 9.74. The van der Waals surface area contributed by atoms with Gasteiger partial charge in [-0.1, -0.05) is 40.9 Å². The molecule has 0 atom stereocenters. The number of ether oxygens (including phenoxy) is 1. The van der Waals surface area contributed by atoms with Crippen LogP contribution in [0.1, 0.15) is 31.2 Å². The molecular weight excluding hydrogens is 318 g/mol. The van der Waals surface area contributed by atoms with E-state index in [1.165, 1.54) is 12.8 Å². The molecule has 1 amide bonds. The summed E-state index contributed by atoms with van der Waals surface area (Å²) in [5, 5.41) is 0.845. The fourth-order valence-electron chi connectivity index (χ4n) is 2.84. The van der Waals surface area contributed by atoms with Crippen molar-refractivity contribution in [1.82, 2.24) is 4.90 Å². The van der Waals surface area contributed by atoms with Gasteiger partial charge in [0.1, 0.15) is 5.75 Å². The second-order valence-electron chi connectivity index (χ2n) is 5.24. The molecule has 0 spiro atoms. The molecule has 20 heavy (non-hydrogen) atoms.